The van der Waals surface area contributed by atoms with E-state index in [1.54, 1.807) is 12.4 Å². The van der Waals surface area contributed by atoms with Crippen LogP contribution >= 0.6 is 15.9 Å². The monoisotopic (exact) mass is 388 g/mol. The predicted molar refractivity (Wildman–Crippen MR) is 98.4 cm³/mol. The highest BCUT2D eigenvalue weighted by Gasteiger charge is 2.22. The van der Waals surface area contributed by atoms with Crippen LogP contribution in [0, 0.1) is 13.8 Å². The molecule has 1 aliphatic rings. The zero-order valence-electron chi connectivity index (χ0n) is 14.0. The van der Waals surface area contributed by atoms with E-state index in [2.05, 4.69) is 43.8 Å². The second kappa shape index (κ2) is 7.30. The van der Waals surface area contributed by atoms with Crippen LogP contribution < -0.4 is 4.90 Å². The van der Waals surface area contributed by atoms with Gasteiger partial charge in [0.2, 0.25) is 0 Å². The van der Waals surface area contributed by atoms with Crippen LogP contribution in [-0.4, -0.2) is 47.0 Å². The first kappa shape index (κ1) is 16.9. The van der Waals surface area contributed by atoms with Gasteiger partial charge in [0.1, 0.15) is 5.82 Å². The number of hydrogen-bond acceptors (Lipinski definition) is 4. The highest BCUT2D eigenvalue weighted by molar-refractivity contribution is 9.10. The van der Waals surface area contributed by atoms with Crippen molar-refractivity contribution in [1.82, 2.24) is 14.9 Å². The van der Waals surface area contributed by atoms with Crippen molar-refractivity contribution in [2.45, 2.75) is 20.3 Å². The number of halogens is 1. The van der Waals surface area contributed by atoms with E-state index in [9.17, 15) is 4.79 Å². The van der Waals surface area contributed by atoms with Gasteiger partial charge >= 0.3 is 0 Å². The van der Waals surface area contributed by atoms with E-state index in [1.807, 2.05) is 24.1 Å². The van der Waals surface area contributed by atoms with Crippen LogP contribution in [0.4, 0.5) is 5.82 Å². The number of rotatable bonds is 2. The summed E-state index contributed by atoms with van der Waals surface area (Å²) < 4.78 is 0.988. The maximum absolute atomic E-state index is 12.7. The first-order valence-electron chi connectivity index (χ1n) is 8.12. The van der Waals surface area contributed by atoms with Crippen LogP contribution in [0.2, 0.25) is 0 Å². The molecule has 3 heterocycles. The fourth-order valence-corrected chi connectivity index (χ4v) is 3.50. The van der Waals surface area contributed by atoms with E-state index in [1.165, 1.54) is 0 Å². The average Bonchev–Trinajstić information content (AvgIpc) is 2.80. The van der Waals surface area contributed by atoms with E-state index < -0.39 is 0 Å². The summed E-state index contributed by atoms with van der Waals surface area (Å²) in [4.78, 5) is 25.6. The summed E-state index contributed by atoms with van der Waals surface area (Å²) in [5, 5.41) is 0. The number of anilines is 1. The largest absolute Gasteiger partial charge is 0.355 e. The molecule has 0 aromatic carbocycles. The van der Waals surface area contributed by atoms with Crippen molar-refractivity contribution < 1.29 is 4.79 Å². The number of aryl methyl sites for hydroxylation is 2. The van der Waals surface area contributed by atoms with Crippen LogP contribution in [-0.2, 0) is 0 Å². The Balaban J connectivity index is 1.72. The van der Waals surface area contributed by atoms with E-state index in [0.717, 1.165) is 47.5 Å². The summed E-state index contributed by atoms with van der Waals surface area (Å²) in [6, 6.07) is 3.98. The standard InChI is InChI=1S/C18H21BrN4O/c1-13-8-15(11-20-10-13)18(24)23-5-3-4-22(6-7-23)17-14(2)9-16(19)12-21-17/h8-12H,3-7H2,1-2H3. The average molecular weight is 389 g/mol. The molecule has 0 aliphatic carbocycles. The molecule has 0 atom stereocenters. The Morgan fingerprint density at radius 1 is 1.08 bits per heavy atom. The van der Waals surface area contributed by atoms with Gasteiger partial charge in [-0.3, -0.25) is 9.78 Å². The minimum absolute atomic E-state index is 0.0635. The molecule has 3 rings (SSSR count). The molecule has 24 heavy (non-hydrogen) atoms. The van der Waals surface area contributed by atoms with Gasteiger partial charge in [-0.15, -0.1) is 0 Å². The zero-order chi connectivity index (χ0) is 17.1. The Hall–Kier alpha value is -1.95. The molecule has 0 saturated carbocycles. The van der Waals surface area contributed by atoms with Gasteiger partial charge in [0.05, 0.1) is 5.56 Å². The van der Waals surface area contributed by atoms with Gasteiger partial charge in [-0.05, 0) is 59.5 Å². The molecule has 126 valence electrons. The molecule has 0 radical (unpaired) electrons. The van der Waals surface area contributed by atoms with Gasteiger partial charge in [-0.25, -0.2) is 4.98 Å². The minimum Gasteiger partial charge on any atom is -0.355 e. The lowest BCUT2D eigenvalue weighted by molar-refractivity contribution is 0.0766. The normalized spacial score (nSPS) is 15.3. The molecule has 0 spiro atoms. The van der Waals surface area contributed by atoms with Crippen molar-refractivity contribution in [2.75, 3.05) is 31.1 Å². The van der Waals surface area contributed by atoms with E-state index in [-0.39, 0.29) is 5.91 Å². The van der Waals surface area contributed by atoms with Crippen LogP contribution in [0.1, 0.15) is 27.9 Å². The van der Waals surface area contributed by atoms with Crippen molar-refractivity contribution in [3.05, 3.63) is 51.9 Å². The third-order valence-corrected chi connectivity index (χ3v) is 4.66. The maximum atomic E-state index is 12.7. The van der Waals surface area contributed by atoms with Crippen LogP contribution in [0.3, 0.4) is 0 Å². The van der Waals surface area contributed by atoms with Crippen molar-refractivity contribution in [3.63, 3.8) is 0 Å². The number of aromatic nitrogens is 2. The van der Waals surface area contributed by atoms with Crippen molar-refractivity contribution in [2.24, 2.45) is 0 Å². The van der Waals surface area contributed by atoms with E-state index in [4.69, 9.17) is 0 Å². The fraction of sp³-hybridized carbons (Fsp3) is 0.389. The van der Waals surface area contributed by atoms with Crippen molar-refractivity contribution >= 4 is 27.7 Å². The fourth-order valence-electron chi connectivity index (χ4n) is 3.05. The Morgan fingerprint density at radius 3 is 2.67 bits per heavy atom. The molecule has 0 N–H and O–H groups in total. The zero-order valence-corrected chi connectivity index (χ0v) is 15.6. The van der Waals surface area contributed by atoms with E-state index in [0.29, 0.717) is 12.1 Å². The first-order valence-corrected chi connectivity index (χ1v) is 8.92. The smallest absolute Gasteiger partial charge is 0.255 e. The maximum Gasteiger partial charge on any atom is 0.255 e. The summed E-state index contributed by atoms with van der Waals surface area (Å²) in [7, 11) is 0. The second-order valence-corrected chi connectivity index (χ2v) is 7.09. The molecular weight excluding hydrogens is 368 g/mol. The molecule has 1 saturated heterocycles. The molecule has 2 aromatic heterocycles. The Labute approximate surface area is 150 Å². The highest BCUT2D eigenvalue weighted by atomic mass is 79.9. The summed E-state index contributed by atoms with van der Waals surface area (Å²) in [5.41, 5.74) is 2.82. The van der Waals surface area contributed by atoms with Crippen LogP contribution in [0.25, 0.3) is 0 Å². The van der Waals surface area contributed by atoms with Gasteiger partial charge in [-0.2, -0.15) is 0 Å². The number of amides is 1. The molecule has 1 amide bonds. The van der Waals surface area contributed by atoms with Gasteiger partial charge < -0.3 is 9.80 Å². The van der Waals surface area contributed by atoms with Gasteiger partial charge in [0.25, 0.3) is 5.91 Å². The SMILES string of the molecule is Cc1cncc(C(=O)N2CCCN(c3ncc(Br)cc3C)CC2)c1. The summed E-state index contributed by atoms with van der Waals surface area (Å²) >= 11 is 3.46. The van der Waals surface area contributed by atoms with Crippen molar-refractivity contribution in [3.8, 4) is 0 Å². The third kappa shape index (κ3) is 3.75. The lowest BCUT2D eigenvalue weighted by atomic mass is 10.2. The van der Waals surface area contributed by atoms with E-state index >= 15 is 0 Å². The molecule has 1 fully saturated rings. The third-order valence-electron chi connectivity index (χ3n) is 4.22. The Bertz CT molecular complexity index is 750. The second-order valence-electron chi connectivity index (χ2n) is 6.18. The molecule has 5 nitrogen and oxygen atoms in total. The topological polar surface area (TPSA) is 49.3 Å². The summed E-state index contributed by atoms with van der Waals surface area (Å²) in [6.07, 6.45) is 6.18. The summed E-state index contributed by atoms with van der Waals surface area (Å²) in [5.74, 6) is 1.07. The molecule has 1 aliphatic heterocycles. The Kier molecular flexibility index (Phi) is 5.14. The molecule has 2 aromatic rings. The first-order chi connectivity index (χ1) is 11.5. The lowest BCUT2D eigenvalue weighted by Gasteiger charge is -2.24. The quantitative estimate of drug-likeness (QED) is 0.792. The predicted octanol–water partition coefficient (Wildman–Crippen LogP) is 3.21. The van der Waals surface area contributed by atoms with Gasteiger partial charge in [0, 0.05) is 49.2 Å². The molecular formula is C18H21BrN4O. The molecule has 0 unspecified atom stereocenters. The molecule has 6 heteroatoms. The molecule has 0 bridgehead atoms. The number of hydrogen-bond donors (Lipinski definition) is 0. The highest BCUT2D eigenvalue weighted by Crippen LogP contribution is 2.22. The number of carbonyl (C=O) groups excluding carboxylic acids is 1. The van der Waals surface area contributed by atoms with Crippen molar-refractivity contribution in [1.29, 1.82) is 0 Å². The van der Waals surface area contributed by atoms with Gasteiger partial charge in [0.15, 0.2) is 0 Å². The summed E-state index contributed by atoms with van der Waals surface area (Å²) in [6.45, 7) is 7.18. The van der Waals surface area contributed by atoms with Crippen LogP contribution in [0.5, 0.6) is 0 Å². The number of carbonyl (C=O) groups is 1. The lowest BCUT2D eigenvalue weighted by Crippen LogP contribution is -2.35. The number of nitrogens with zero attached hydrogens (tertiary/aromatic N) is 4. The van der Waals surface area contributed by atoms with Crippen LogP contribution in [0.15, 0.2) is 35.2 Å². The van der Waals surface area contributed by atoms with Gasteiger partial charge in [-0.1, -0.05) is 0 Å². The Morgan fingerprint density at radius 2 is 1.92 bits per heavy atom. The number of pyridine rings is 2. The minimum atomic E-state index is 0.0635.